The topological polar surface area (TPSA) is 110 Å². The fourth-order valence-electron chi connectivity index (χ4n) is 2.16. The molecule has 1 fully saturated rings. The van der Waals surface area contributed by atoms with E-state index in [4.69, 9.17) is 4.74 Å². The lowest BCUT2D eigenvalue weighted by atomic mass is 10.1. The molecule has 1 heterocycles. The summed E-state index contributed by atoms with van der Waals surface area (Å²) in [6, 6.07) is 2.00. The van der Waals surface area contributed by atoms with E-state index in [1.807, 2.05) is 22.6 Å². The molecule has 0 unspecified atom stereocenters. The van der Waals surface area contributed by atoms with Gasteiger partial charge in [-0.1, -0.05) is 0 Å². The molecule has 0 atom stereocenters. The minimum absolute atomic E-state index is 0.0912. The van der Waals surface area contributed by atoms with E-state index >= 15 is 0 Å². The number of rotatable bonds is 3. The first-order chi connectivity index (χ1) is 11.2. The van der Waals surface area contributed by atoms with Gasteiger partial charge in [0.15, 0.2) is 0 Å². The van der Waals surface area contributed by atoms with E-state index in [1.165, 1.54) is 39.4 Å². The molecule has 0 saturated carbocycles. The highest BCUT2D eigenvalue weighted by Crippen LogP contribution is 2.34. The van der Waals surface area contributed by atoms with Gasteiger partial charge in [-0.15, -0.1) is 0 Å². The van der Waals surface area contributed by atoms with Gasteiger partial charge in [0.25, 0.3) is 11.8 Å². The number of likely N-dealkylation sites (N-methyl/N-ethyl adjacent to an activating group) is 2. The second-order valence-electron chi connectivity index (χ2n) is 4.88. The van der Waals surface area contributed by atoms with Crippen molar-refractivity contribution in [1.29, 1.82) is 0 Å². The number of carbonyl (C=O) groups is 3. The van der Waals surface area contributed by atoms with Crippen LogP contribution in [0.4, 0.5) is 10.5 Å². The van der Waals surface area contributed by atoms with Crippen molar-refractivity contribution < 1.29 is 24.0 Å². The molecule has 10 heteroatoms. The lowest BCUT2D eigenvalue weighted by Crippen LogP contribution is -2.52. The van der Waals surface area contributed by atoms with Crippen LogP contribution < -0.4 is 4.74 Å². The van der Waals surface area contributed by atoms with Gasteiger partial charge >= 0.3 is 11.7 Å². The van der Waals surface area contributed by atoms with E-state index in [1.54, 1.807) is 0 Å². The van der Waals surface area contributed by atoms with Crippen LogP contribution in [0.15, 0.2) is 17.7 Å². The number of imide groups is 2. The molecule has 0 spiro atoms. The first-order valence-corrected chi connectivity index (χ1v) is 7.60. The second kappa shape index (κ2) is 6.55. The average molecular weight is 445 g/mol. The lowest BCUT2D eigenvalue weighted by Gasteiger charge is -2.28. The van der Waals surface area contributed by atoms with Gasteiger partial charge in [0.1, 0.15) is 5.57 Å². The van der Waals surface area contributed by atoms with Gasteiger partial charge in [-0.05, 0) is 40.3 Å². The van der Waals surface area contributed by atoms with Crippen molar-refractivity contribution in [2.45, 2.75) is 0 Å². The Hall–Kier alpha value is -2.50. The van der Waals surface area contributed by atoms with Crippen LogP contribution >= 0.6 is 22.6 Å². The molecule has 24 heavy (non-hydrogen) atoms. The van der Waals surface area contributed by atoms with Gasteiger partial charge < -0.3 is 4.74 Å². The van der Waals surface area contributed by atoms with E-state index in [0.717, 1.165) is 9.80 Å². The molecule has 0 aliphatic carbocycles. The van der Waals surface area contributed by atoms with Crippen molar-refractivity contribution >= 4 is 52.2 Å². The monoisotopic (exact) mass is 445 g/mol. The number of nitro groups is 1. The average Bonchev–Trinajstić information content (AvgIpc) is 2.54. The van der Waals surface area contributed by atoms with E-state index in [-0.39, 0.29) is 22.6 Å². The van der Waals surface area contributed by atoms with Crippen LogP contribution in [0.2, 0.25) is 0 Å². The maximum Gasteiger partial charge on any atom is 0.333 e. The molecule has 0 bridgehead atoms. The van der Waals surface area contributed by atoms with Crippen LogP contribution in [0.3, 0.4) is 0 Å². The predicted molar refractivity (Wildman–Crippen MR) is 91.3 cm³/mol. The highest BCUT2D eigenvalue weighted by Gasteiger charge is 2.37. The number of hydrogen-bond acceptors (Lipinski definition) is 6. The molecule has 1 aromatic carbocycles. The Morgan fingerprint density at radius 3 is 2.17 bits per heavy atom. The normalized spacial score (nSPS) is 15.0. The summed E-state index contributed by atoms with van der Waals surface area (Å²) in [5, 5.41) is 11.2. The van der Waals surface area contributed by atoms with Crippen molar-refractivity contribution in [3.8, 4) is 5.75 Å². The molecule has 2 rings (SSSR count). The molecule has 1 aliphatic heterocycles. The van der Waals surface area contributed by atoms with Gasteiger partial charge in [-0.3, -0.25) is 29.5 Å². The molecule has 126 valence electrons. The van der Waals surface area contributed by atoms with E-state index in [2.05, 4.69) is 0 Å². The van der Waals surface area contributed by atoms with Gasteiger partial charge in [0, 0.05) is 20.2 Å². The van der Waals surface area contributed by atoms with Gasteiger partial charge in [0.2, 0.25) is 5.75 Å². The number of benzene rings is 1. The Morgan fingerprint density at radius 2 is 1.71 bits per heavy atom. The Kier molecular flexibility index (Phi) is 4.87. The molecular formula is C14H12IN3O6. The van der Waals surface area contributed by atoms with Crippen LogP contribution in [0, 0.1) is 13.7 Å². The second-order valence-corrected chi connectivity index (χ2v) is 6.04. The Morgan fingerprint density at radius 1 is 1.17 bits per heavy atom. The van der Waals surface area contributed by atoms with E-state index in [9.17, 15) is 24.5 Å². The Bertz CT molecular complexity index is 778. The fraction of sp³-hybridized carbons (Fsp3) is 0.214. The minimum Gasteiger partial charge on any atom is -0.489 e. The summed E-state index contributed by atoms with van der Waals surface area (Å²) in [5.74, 6) is -1.44. The van der Waals surface area contributed by atoms with E-state index < -0.39 is 22.8 Å². The minimum atomic E-state index is -0.767. The van der Waals surface area contributed by atoms with Gasteiger partial charge in [-0.25, -0.2) is 4.79 Å². The fourth-order valence-corrected chi connectivity index (χ4v) is 3.02. The summed E-state index contributed by atoms with van der Waals surface area (Å²) in [6.07, 6.45) is 1.22. The number of methoxy groups -OCH3 is 1. The number of nitrogens with zero attached hydrogens (tertiary/aromatic N) is 3. The zero-order valence-corrected chi connectivity index (χ0v) is 15.1. The number of amides is 4. The third-order valence-corrected chi connectivity index (χ3v) is 4.20. The molecular weight excluding hydrogens is 433 g/mol. The standard InChI is InChI=1S/C14H12IN3O6/c1-16-12(19)8(13(20)17(2)14(16)21)4-7-5-9(15)11(24-3)10(6-7)18(22)23/h4-6H,1-3H3. The van der Waals surface area contributed by atoms with Crippen LogP contribution in [0.5, 0.6) is 5.75 Å². The van der Waals surface area contributed by atoms with Crippen molar-refractivity contribution in [2.75, 3.05) is 21.2 Å². The summed E-state index contributed by atoms with van der Waals surface area (Å²) < 4.78 is 5.46. The summed E-state index contributed by atoms with van der Waals surface area (Å²) in [6.45, 7) is 0. The van der Waals surface area contributed by atoms with Gasteiger partial charge in [-0.2, -0.15) is 0 Å². The summed E-state index contributed by atoms with van der Waals surface area (Å²) in [7, 11) is 3.82. The van der Waals surface area contributed by atoms with Crippen molar-refractivity contribution in [3.63, 3.8) is 0 Å². The van der Waals surface area contributed by atoms with Crippen LogP contribution in [-0.4, -0.2) is 53.8 Å². The summed E-state index contributed by atoms with van der Waals surface area (Å²) >= 11 is 1.86. The number of carbonyl (C=O) groups excluding carboxylic acids is 3. The van der Waals surface area contributed by atoms with Crippen molar-refractivity contribution in [1.82, 2.24) is 9.80 Å². The zero-order valence-electron chi connectivity index (χ0n) is 12.9. The maximum atomic E-state index is 12.2. The highest BCUT2D eigenvalue weighted by atomic mass is 127. The molecule has 1 saturated heterocycles. The molecule has 4 amide bonds. The van der Waals surface area contributed by atoms with E-state index in [0.29, 0.717) is 3.57 Å². The maximum absolute atomic E-state index is 12.2. The SMILES string of the molecule is COc1c(I)cc(C=C2C(=O)N(C)C(=O)N(C)C2=O)cc1[N+](=O)[O-]. The molecule has 1 aliphatic rings. The number of ether oxygens (including phenoxy) is 1. The third kappa shape index (κ3) is 2.96. The molecule has 9 nitrogen and oxygen atoms in total. The number of nitro benzene ring substituents is 1. The van der Waals surface area contributed by atoms with Crippen molar-refractivity contribution in [2.24, 2.45) is 0 Å². The first-order valence-electron chi connectivity index (χ1n) is 6.52. The highest BCUT2D eigenvalue weighted by molar-refractivity contribution is 14.1. The number of halogens is 1. The Labute approximate surface area is 150 Å². The Balaban J connectivity index is 2.58. The largest absolute Gasteiger partial charge is 0.489 e. The summed E-state index contributed by atoms with van der Waals surface area (Å²) in [5.41, 5.74) is -0.264. The van der Waals surface area contributed by atoms with Gasteiger partial charge in [0.05, 0.1) is 15.6 Å². The number of hydrogen-bond donors (Lipinski definition) is 0. The van der Waals surface area contributed by atoms with Crippen LogP contribution in [-0.2, 0) is 9.59 Å². The van der Waals surface area contributed by atoms with Crippen LogP contribution in [0.1, 0.15) is 5.56 Å². The lowest BCUT2D eigenvalue weighted by molar-refractivity contribution is -0.385. The number of urea groups is 1. The molecule has 0 N–H and O–H groups in total. The molecule has 0 radical (unpaired) electrons. The molecule has 1 aromatic rings. The molecule has 0 aromatic heterocycles. The summed E-state index contributed by atoms with van der Waals surface area (Å²) in [4.78, 5) is 48.2. The first kappa shape index (κ1) is 17.8. The van der Waals surface area contributed by atoms with Crippen LogP contribution in [0.25, 0.3) is 6.08 Å². The third-order valence-electron chi connectivity index (χ3n) is 3.40. The smallest absolute Gasteiger partial charge is 0.333 e. The quantitative estimate of drug-likeness (QED) is 0.230. The zero-order chi connectivity index (χ0) is 18.2. The van der Waals surface area contributed by atoms with Crippen molar-refractivity contribution in [3.05, 3.63) is 37.0 Å². The predicted octanol–water partition coefficient (Wildman–Crippen LogP) is 1.64. The number of barbiturate groups is 1.